The Morgan fingerprint density at radius 1 is 0.774 bits per heavy atom. The smallest absolute Gasteiger partial charge is 0.341 e. The molecule has 0 amide bonds. The number of esters is 1. The van der Waals surface area contributed by atoms with E-state index < -0.39 is 5.97 Å². The number of methoxy groups -OCH3 is 1. The molecule has 0 saturated carbocycles. The Balaban J connectivity index is 0.000000628. The number of fused-ring (bicyclic) bond motifs is 2. The zero-order valence-corrected chi connectivity index (χ0v) is 17.3. The number of benzene rings is 4. The predicted molar refractivity (Wildman–Crippen MR) is 120 cm³/mol. The molecule has 0 saturated heterocycles. The van der Waals surface area contributed by atoms with Crippen LogP contribution in [0.4, 0.5) is 0 Å². The molecule has 3 N–H and O–H groups in total. The second kappa shape index (κ2) is 8.75. The first kappa shape index (κ1) is 21.6. The van der Waals surface area contributed by atoms with Crippen LogP contribution in [0.2, 0.25) is 0 Å². The third-order valence-corrected chi connectivity index (χ3v) is 4.66. The fourth-order valence-corrected chi connectivity index (χ4v) is 3.41. The van der Waals surface area contributed by atoms with Crippen molar-refractivity contribution >= 4 is 33.3 Å². The van der Waals surface area contributed by atoms with Crippen LogP contribution >= 0.6 is 0 Å². The normalized spacial score (nSPS) is 10.4. The standard InChI is InChI=1S/C22H16O5.C3H6O/c1-27-22(26)17-10-13-4-2-3-5-15(13)20(21(17)25)19-16-11-14(23)8-6-12(16)7-9-18(19)24;1-3(2)4/h2-11,23-25H,1H3;1-2H3. The summed E-state index contributed by atoms with van der Waals surface area (Å²) >= 11 is 0. The van der Waals surface area contributed by atoms with E-state index in [-0.39, 0.29) is 28.6 Å². The molecule has 0 aromatic heterocycles. The van der Waals surface area contributed by atoms with Crippen LogP contribution in [0.1, 0.15) is 24.2 Å². The van der Waals surface area contributed by atoms with Gasteiger partial charge in [0, 0.05) is 11.1 Å². The van der Waals surface area contributed by atoms with E-state index >= 15 is 0 Å². The third kappa shape index (κ3) is 4.28. The van der Waals surface area contributed by atoms with Gasteiger partial charge in [-0.3, -0.25) is 0 Å². The van der Waals surface area contributed by atoms with Crippen LogP contribution in [0.5, 0.6) is 17.2 Å². The van der Waals surface area contributed by atoms with Crippen molar-refractivity contribution in [2.24, 2.45) is 0 Å². The van der Waals surface area contributed by atoms with E-state index in [1.807, 2.05) is 18.2 Å². The van der Waals surface area contributed by atoms with Crippen molar-refractivity contribution in [2.45, 2.75) is 13.8 Å². The lowest BCUT2D eigenvalue weighted by atomic mass is 9.90. The highest BCUT2D eigenvalue weighted by Gasteiger charge is 2.23. The van der Waals surface area contributed by atoms with Crippen LogP contribution in [-0.4, -0.2) is 34.2 Å². The SMILES string of the molecule is CC(C)=O.COC(=O)c1cc2ccccc2c(-c2c(O)ccc3ccc(O)cc23)c1O. The Labute approximate surface area is 179 Å². The molecule has 0 aliphatic carbocycles. The summed E-state index contributed by atoms with van der Waals surface area (Å²) in [5, 5.41) is 34.2. The quantitative estimate of drug-likeness (QED) is 0.389. The van der Waals surface area contributed by atoms with Crippen molar-refractivity contribution in [3.05, 3.63) is 66.2 Å². The molecule has 4 aromatic rings. The lowest BCUT2D eigenvalue weighted by Crippen LogP contribution is -2.03. The second-order valence-corrected chi connectivity index (χ2v) is 7.13. The number of hydrogen-bond donors (Lipinski definition) is 3. The molecule has 0 atom stereocenters. The number of hydrogen-bond acceptors (Lipinski definition) is 6. The molecule has 6 heteroatoms. The van der Waals surface area contributed by atoms with Gasteiger partial charge in [0.1, 0.15) is 28.6 Å². The minimum absolute atomic E-state index is 0.00255. The Kier molecular flexibility index (Phi) is 6.11. The summed E-state index contributed by atoms with van der Waals surface area (Å²) in [4.78, 5) is 21.6. The number of Topliss-reactive ketones (excluding diaryl/α,β-unsaturated/α-hetero) is 1. The summed E-state index contributed by atoms with van der Waals surface area (Å²) < 4.78 is 4.79. The molecule has 0 spiro atoms. The Morgan fingerprint density at radius 3 is 2.10 bits per heavy atom. The van der Waals surface area contributed by atoms with Gasteiger partial charge in [0.05, 0.1) is 7.11 Å². The van der Waals surface area contributed by atoms with E-state index in [4.69, 9.17) is 4.74 Å². The monoisotopic (exact) mass is 418 g/mol. The summed E-state index contributed by atoms with van der Waals surface area (Å²) in [6.45, 7) is 3.06. The topological polar surface area (TPSA) is 104 Å². The summed E-state index contributed by atoms with van der Waals surface area (Å²) in [7, 11) is 1.24. The van der Waals surface area contributed by atoms with Crippen molar-refractivity contribution in [1.82, 2.24) is 0 Å². The van der Waals surface area contributed by atoms with Crippen molar-refractivity contribution in [2.75, 3.05) is 7.11 Å². The first-order valence-corrected chi connectivity index (χ1v) is 9.49. The largest absolute Gasteiger partial charge is 0.508 e. The summed E-state index contributed by atoms with van der Waals surface area (Å²) in [5.74, 6) is -0.841. The minimum atomic E-state index is -0.679. The lowest BCUT2D eigenvalue weighted by Gasteiger charge is -2.16. The number of phenols is 3. The van der Waals surface area contributed by atoms with E-state index in [0.717, 1.165) is 5.39 Å². The molecule has 0 unspecified atom stereocenters. The van der Waals surface area contributed by atoms with Gasteiger partial charge in [0.2, 0.25) is 0 Å². The lowest BCUT2D eigenvalue weighted by molar-refractivity contribution is -0.115. The first-order chi connectivity index (χ1) is 14.7. The van der Waals surface area contributed by atoms with Crippen LogP contribution in [0, 0.1) is 0 Å². The fraction of sp³-hybridized carbons (Fsp3) is 0.120. The zero-order valence-electron chi connectivity index (χ0n) is 17.3. The van der Waals surface area contributed by atoms with Crippen LogP contribution < -0.4 is 0 Å². The molecule has 0 fully saturated rings. The number of ketones is 1. The second-order valence-electron chi connectivity index (χ2n) is 7.13. The Morgan fingerprint density at radius 2 is 1.42 bits per heavy atom. The van der Waals surface area contributed by atoms with E-state index in [1.54, 1.807) is 30.3 Å². The van der Waals surface area contributed by atoms with Gasteiger partial charge in [-0.15, -0.1) is 0 Å². The number of ether oxygens (including phenoxy) is 1. The van der Waals surface area contributed by atoms with Crippen molar-refractivity contribution in [3.63, 3.8) is 0 Å². The van der Waals surface area contributed by atoms with E-state index in [2.05, 4.69) is 0 Å². The summed E-state index contributed by atoms with van der Waals surface area (Å²) in [5.41, 5.74) is 0.646. The Hall–Kier alpha value is -4.06. The molecule has 0 aliphatic rings. The van der Waals surface area contributed by atoms with Crippen LogP contribution in [-0.2, 0) is 9.53 Å². The van der Waals surface area contributed by atoms with Gasteiger partial charge in [-0.25, -0.2) is 4.79 Å². The average molecular weight is 418 g/mol. The molecule has 4 rings (SSSR count). The molecule has 4 aromatic carbocycles. The maximum absolute atomic E-state index is 12.2. The number of rotatable bonds is 2. The minimum Gasteiger partial charge on any atom is -0.508 e. The predicted octanol–water partition coefficient (Wildman–Crippen LogP) is 5.16. The van der Waals surface area contributed by atoms with Gasteiger partial charge in [-0.1, -0.05) is 36.4 Å². The Bertz CT molecular complexity index is 1300. The number of carbonyl (C=O) groups excluding carboxylic acids is 2. The molecule has 0 aliphatic heterocycles. The summed E-state index contributed by atoms with van der Waals surface area (Å²) in [6, 6.07) is 16.8. The van der Waals surface area contributed by atoms with Crippen molar-refractivity contribution in [3.8, 4) is 28.4 Å². The maximum Gasteiger partial charge on any atom is 0.341 e. The van der Waals surface area contributed by atoms with E-state index in [9.17, 15) is 24.9 Å². The molecule has 6 nitrogen and oxygen atoms in total. The van der Waals surface area contributed by atoms with Crippen molar-refractivity contribution in [1.29, 1.82) is 0 Å². The van der Waals surface area contributed by atoms with Gasteiger partial charge in [0.15, 0.2) is 0 Å². The van der Waals surface area contributed by atoms with Gasteiger partial charge in [0.25, 0.3) is 0 Å². The number of aromatic hydroxyl groups is 3. The van der Waals surface area contributed by atoms with Crippen LogP contribution in [0.25, 0.3) is 32.7 Å². The fourth-order valence-electron chi connectivity index (χ4n) is 3.41. The zero-order chi connectivity index (χ0) is 22.7. The molecule has 31 heavy (non-hydrogen) atoms. The molecule has 158 valence electrons. The molecular formula is C25H22O6. The van der Waals surface area contributed by atoms with E-state index in [1.165, 1.54) is 33.1 Å². The highest BCUT2D eigenvalue weighted by Crippen LogP contribution is 2.46. The molecule has 0 bridgehead atoms. The molecule has 0 radical (unpaired) electrons. The molecular weight excluding hydrogens is 396 g/mol. The molecule has 0 heterocycles. The van der Waals surface area contributed by atoms with Crippen LogP contribution in [0.3, 0.4) is 0 Å². The number of carbonyl (C=O) groups is 2. The highest BCUT2D eigenvalue weighted by atomic mass is 16.5. The van der Waals surface area contributed by atoms with Gasteiger partial charge < -0.3 is 24.9 Å². The summed E-state index contributed by atoms with van der Waals surface area (Å²) in [6.07, 6.45) is 0. The van der Waals surface area contributed by atoms with Crippen molar-refractivity contribution < 1.29 is 29.6 Å². The van der Waals surface area contributed by atoms with Gasteiger partial charge in [-0.2, -0.15) is 0 Å². The number of phenolic OH excluding ortho intramolecular Hbond substituents is 3. The first-order valence-electron chi connectivity index (χ1n) is 9.49. The van der Waals surface area contributed by atoms with Gasteiger partial charge in [-0.05, 0) is 59.7 Å². The maximum atomic E-state index is 12.2. The van der Waals surface area contributed by atoms with E-state index in [0.29, 0.717) is 27.3 Å². The third-order valence-electron chi connectivity index (χ3n) is 4.66. The highest BCUT2D eigenvalue weighted by molar-refractivity contribution is 6.13. The van der Waals surface area contributed by atoms with Crippen LogP contribution in [0.15, 0.2) is 60.7 Å². The van der Waals surface area contributed by atoms with Gasteiger partial charge >= 0.3 is 5.97 Å². The average Bonchev–Trinajstić information content (AvgIpc) is 2.73.